The summed E-state index contributed by atoms with van der Waals surface area (Å²) in [6, 6.07) is 14.8. The summed E-state index contributed by atoms with van der Waals surface area (Å²) in [5.41, 5.74) is 1.60. The molecule has 1 unspecified atom stereocenters. The normalized spacial score (nSPS) is 16.8. The van der Waals surface area contributed by atoms with E-state index in [1.807, 2.05) is 53.4 Å². The van der Waals surface area contributed by atoms with Gasteiger partial charge >= 0.3 is 5.97 Å². The Hall–Kier alpha value is -2.83. The van der Waals surface area contributed by atoms with Crippen molar-refractivity contribution in [2.45, 2.75) is 63.7 Å². The number of likely N-dealkylation sites (tertiary alicyclic amines) is 1. The minimum absolute atomic E-state index is 0.0270. The number of nitrogens with zero attached hydrogens (tertiary/aromatic N) is 1. The van der Waals surface area contributed by atoms with Crippen LogP contribution in [-0.2, 0) is 16.2 Å². The first-order valence-electron chi connectivity index (χ1n) is 11.8. The molecule has 1 heterocycles. The van der Waals surface area contributed by atoms with Crippen LogP contribution < -0.4 is 4.74 Å². The van der Waals surface area contributed by atoms with E-state index in [4.69, 9.17) is 21.4 Å². The highest BCUT2D eigenvalue weighted by atomic mass is 35.5. The maximum Gasteiger partial charge on any atom is 0.303 e. The van der Waals surface area contributed by atoms with Gasteiger partial charge in [-0.25, -0.2) is 0 Å². The highest BCUT2D eigenvalue weighted by Gasteiger charge is 2.28. The number of aliphatic carboxylic acids is 1. The van der Waals surface area contributed by atoms with Crippen LogP contribution in [0.1, 0.15) is 62.2 Å². The largest absolute Gasteiger partial charge is 0.489 e. The van der Waals surface area contributed by atoms with Crippen molar-refractivity contribution in [2.75, 3.05) is 6.54 Å². The maximum absolute atomic E-state index is 12.3. The van der Waals surface area contributed by atoms with Crippen LogP contribution in [0.25, 0.3) is 0 Å². The topological polar surface area (TPSA) is 87.1 Å². The molecule has 0 aliphatic carbocycles. The Labute approximate surface area is 205 Å². The average Bonchev–Trinajstić information content (AvgIpc) is 3.18. The molecule has 0 radical (unpaired) electrons. The predicted molar refractivity (Wildman–Crippen MR) is 132 cm³/mol. The minimum atomic E-state index is -0.808. The summed E-state index contributed by atoms with van der Waals surface area (Å²) in [4.78, 5) is 24.7. The molecule has 2 atom stereocenters. The highest BCUT2D eigenvalue weighted by molar-refractivity contribution is 6.31. The number of halogens is 1. The van der Waals surface area contributed by atoms with E-state index in [0.29, 0.717) is 42.3 Å². The Balaban J connectivity index is 1.51. The molecule has 6 nitrogen and oxygen atoms in total. The number of benzene rings is 2. The second kappa shape index (κ2) is 13.2. The van der Waals surface area contributed by atoms with Crippen molar-refractivity contribution in [3.8, 4) is 5.75 Å². The monoisotopic (exact) mass is 485 g/mol. The van der Waals surface area contributed by atoms with Gasteiger partial charge < -0.3 is 19.8 Å². The number of rotatable bonds is 13. The standard InChI is InChI=1S/C27H32ClNO5/c28-24-11-5-4-8-21(24)19-34-23-10-7-9-20(18-23)25(30)15-13-22-14-16-26(31)29(22)17-6-2-1-3-12-27(32)33/h4-5,7-11,13,15,18,22,25,30H,1-3,6,12,14,16-17,19H2,(H,32,33)/b15-13+/t22-,25?/m0/s1. The SMILES string of the molecule is O=C(O)CCCCCCN1C(=O)CC[C@@H]1/C=C/C(O)c1cccc(OCc2ccccc2Cl)c1. The molecule has 2 aromatic rings. The van der Waals surface area contributed by atoms with E-state index in [-0.39, 0.29) is 18.4 Å². The van der Waals surface area contributed by atoms with E-state index >= 15 is 0 Å². The van der Waals surface area contributed by atoms with Crippen LogP contribution in [0.2, 0.25) is 5.02 Å². The minimum Gasteiger partial charge on any atom is -0.489 e. The lowest BCUT2D eigenvalue weighted by atomic mass is 10.1. The van der Waals surface area contributed by atoms with Gasteiger partial charge in [-0.1, -0.05) is 66.9 Å². The van der Waals surface area contributed by atoms with Crippen molar-refractivity contribution in [1.82, 2.24) is 4.90 Å². The van der Waals surface area contributed by atoms with Crippen molar-refractivity contribution < 1.29 is 24.5 Å². The molecule has 1 saturated heterocycles. The van der Waals surface area contributed by atoms with Crippen molar-refractivity contribution in [3.63, 3.8) is 0 Å². The third kappa shape index (κ3) is 7.89. The van der Waals surface area contributed by atoms with Gasteiger partial charge in [-0.05, 0) is 43.0 Å². The van der Waals surface area contributed by atoms with Gasteiger partial charge in [-0.2, -0.15) is 0 Å². The van der Waals surface area contributed by atoms with Crippen LogP contribution in [0.5, 0.6) is 5.75 Å². The molecule has 1 aliphatic rings. The average molecular weight is 486 g/mol. The molecule has 0 saturated carbocycles. The van der Waals surface area contributed by atoms with Crippen LogP contribution in [0, 0.1) is 0 Å². The summed E-state index contributed by atoms with van der Waals surface area (Å²) < 4.78 is 5.85. The fourth-order valence-corrected chi connectivity index (χ4v) is 4.26. The number of ether oxygens (including phenoxy) is 1. The quantitative estimate of drug-likeness (QED) is 0.287. The van der Waals surface area contributed by atoms with Gasteiger partial charge in [0.05, 0.1) is 12.1 Å². The molecule has 1 aliphatic heterocycles. The smallest absolute Gasteiger partial charge is 0.303 e. The number of carbonyl (C=O) groups excluding carboxylic acids is 1. The van der Waals surface area contributed by atoms with Gasteiger partial charge in [0, 0.05) is 30.0 Å². The number of unbranched alkanes of at least 4 members (excludes halogenated alkanes) is 3. The third-order valence-corrected chi connectivity index (χ3v) is 6.35. The van der Waals surface area contributed by atoms with Crippen LogP contribution in [-0.4, -0.2) is 39.6 Å². The van der Waals surface area contributed by atoms with Crippen molar-refractivity contribution in [2.24, 2.45) is 0 Å². The van der Waals surface area contributed by atoms with Gasteiger partial charge in [-0.3, -0.25) is 9.59 Å². The molecule has 1 amide bonds. The summed E-state index contributed by atoms with van der Waals surface area (Å²) in [6.45, 7) is 0.993. The molecule has 7 heteroatoms. The summed E-state index contributed by atoms with van der Waals surface area (Å²) in [7, 11) is 0. The van der Waals surface area contributed by atoms with E-state index in [1.54, 1.807) is 12.1 Å². The molecular weight excluding hydrogens is 454 g/mol. The van der Waals surface area contributed by atoms with Crippen molar-refractivity contribution in [3.05, 3.63) is 76.8 Å². The van der Waals surface area contributed by atoms with Gasteiger partial charge in [0.15, 0.2) is 0 Å². The van der Waals surface area contributed by atoms with Crippen LogP contribution in [0.15, 0.2) is 60.7 Å². The van der Waals surface area contributed by atoms with E-state index in [9.17, 15) is 14.7 Å². The number of carboxylic acids is 1. The second-order valence-electron chi connectivity index (χ2n) is 8.53. The lowest BCUT2D eigenvalue weighted by Crippen LogP contribution is -2.32. The van der Waals surface area contributed by atoms with Gasteiger partial charge in [-0.15, -0.1) is 0 Å². The number of aliphatic hydroxyl groups excluding tert-OH is 1. The van der Waals surface area contributed by atoms with E-state index in [2.05, 4.69) is 0 Å². The first-order valence-corrected chi connectivity index (χ1v) is 12.2. The Morgan fingerprint density at radius 3 is 2.74 bits per heavy atom. The zero-order valence-corrected chi connectivity index (χ0v) is 20.0. The first-order chi connectivity index (χ1) is 16.4. The number of carbonyl (C=O) groups is 2. The maximum atomic E-state index is 12.3. The highest BCUT2D eigenvalue weighted by Crippen LogP contribution is 2.25. The Bertz CT molecular complexity index is 992. The van der Waals surface area contributed by atoms with Crippen LogP contribution in [0.4, 0.5) is 0 Å². The number of amides is 1. The molecule has 2 aromatic carbocycles. The molecule has 1 fully saturated rings. The fourth-order valence-electron chi connectivity index (χ4n) is 4.07. The predicted octanol–water partition coefficient (Wildman–Crippen LogP) is 5.53. The van der Waals surface area contributed by atoms with Gasteiger partial charge in [0.25, 0.3) is 0 Å². The molecule has 182 valence electrons. The lowest BCUT2D eigenvalue weighted by molar-refractivity contribution is -0.137. The first kappa shape index (κ1) is 25.8. The summed E-state index contributed by atoms with van der Waals surface area (Å²) in [6.07, 6.45) is 7.55. The summed E-state index contributed by atoms with van der Waals surface area (Å²) in [5, 5.41) is 20.0. The molecular formula is C27H32ClNO5. The van der Waals surface area contributed by atoms with Crippen LogP contribution >= 0.6 is 11.6 Å². The second-order valence-corrected chi connectivity index (χ2v) is 8.94. The zero-order chi connectivity index (χ0) is 24.3. The van der Waals surface area contributed by atoms with Crippen LogP contribution in [0.3, 0.4) is 0 Å². The van der Waals surface area contributed by atoms with Gasteiger partial charge in [0.2, 0.25) is 5.91 Å². The number of carboxylic acid groups (broad SMARTS) is 1. The number of hydrogen-bond donors (Lipinski definition) is 2. The molecule has 0 spiro atoms. The summed E-state index contributed by atoms with van der Waals surface area (Å²) in [5.74, 6) is 0.00579. The van der Waals surface area contributed by atoms with Gasteiger partial charge in [0.1, 0.15) is 12.4 Å². The van der Waals surface area contributed by atoms with Crippen molar-refractivity contribution >= 4 is 23.5 Å². The molecule has 34 heavy (non-hydrogen) atoms. The summed E-state index contributed by atoms with van der Waals surface area (Å²) >= 11 is 6.18. The van der Waals surface area contributed by atoms with E-state index in [0.717, 1.165) is 31.2 Å². The van der Waals surface area contributed by atoms with Crippen molar-refractivity contribution in [1.29, 1.82) is 0 Å². The molecule has 2 N–H and O–H groups in total. The Morgan fingerprint density at radius 2 is 1.94 bits per heavy atom. The Morgan fingerprint density at radius 1 is 1.15 bits per heavy atom. The fraction of sp³-hybridized carbons (Fsp3) is 0.407. The van der Waals surface area contributed by atoms with E-state index < -0.39 is 12.1 Å². The molecule has 0 bridgehead atoms. The van der Waals surface area contributed by atoms with E-state index in [1.165, 1.54) is 0 Å². The number of hydrogen-bond acceptors (Lipinski definition) is 4. The lowest BCUT2D eigenvalue weighted by Gasteiger charge is -2.22. The third-order valence-electron chi connectivity index (χ3n) is 5.98. The Kier molecular flexibility index (Phi) is 9.98. The molecule has 0 aromatic heterocycles. The molecule has 3 rings (SSSR count). The zero-order valence-electron chi connectivity index (χ0n) is 19.2. The number of aliphatic hydroxyl groups is 1.